The van der Waals surface area contributed by atoms with Crippen molar-refractivity contribution >= 4 is 23.4 Å². The molecule has 5 nitrogen and oxygen atoms in total. The number of carbonyl (C=O) groups excluding carboxylic acids is 2. The third kappa shape index (κ3) is 5.19. The number of carbonyl (C=O) groups is 2. The number of nitrogens with one attached hydrogen (secondary N) is 2. The highest BCUT2D eigenvalue weighted by atomic mass is 35.5. The van der Waals surface area contributed by atoms with Gasteiger partial charge in [-0.15, -0.1) is 0 Å². The highest BCUT2D eigenvalue weighted by molar-refractivity contribution is 6.30. The predicted molar refractivity (Wildman–Crippen MR) is 98.5 cm³/mol. The summed E-state index contributed by atoms with van der Waals surface area (Å²) in [5, 5.41) is 6.93. The van der Waals surface area contributed by atoms with Gasteiger partial charge in [-0.2, -0.15) is 0 Å². The number of halogens is 1. The Morgan fingerprint density at radius 3 is 2.92 bits per heavy atom. The zero-order chi connectivity index (χ0) is 17.6. The Kier molecular flexibility index (Phi) is 6.32. The first-order valence-electron chi connectivity index (χ1n) is 9.15. The fourth-order valence-corrected chi connectivity index (χ4v) is 3.88. The molecule has 136 valence electrons. The molecule has 2 amide bonds. The average molecular weight is 364 g/mol. The molecule has 2 unspecified atom stereocenters. The van der Waals surface area contributed by atoms with Crippen LogP contribution in [0.1, 0.15) is 31.2 Å². The molecule has 2 fully saturated rings. The van der Waals surface area contributed by atoms with Gasteiger partial charge < -0.3 is 15.5 Å². The van der Waals surface area contributed by atoms with Crippen LogP contribution in [0.5, 0.6) is 0 Å². The van der Waals surface area contributed by atoms with Crippen molar-refractivity contribution in [2.45, 2.75) is 38.1 Å². The van der Waals surface area contributed by atoms with E-state index < -0.39 is 0 Å². The molecule has 1 aromatic carbocycles. The number of hydrogen-bond donors (Lipinski definition) is 2. The molecular formula is C19H26ClN3O2. The summed E-state index contributed by atoms with van der Waals surface area (Å²) < 4.78 is 0. The van der Waals surface area contributed by atoms with Gasteiger partial charge in [-0.25, -0.2) is 0 Å². The molecule has 3 rings (SSSR count). The zero-order valence-electron chi connectivity index (χ0n) is 14.5. The molecule has 2 saturated heterocycles. The summed E-state index contributed by atoms with van der Waals surface area (Å²) >= 11 is 5.99. The van der Waals surface area contributed by atoms with Crippen molar-refractivity contribution < 1.29 is 9.59 Å². The summed E-state index contributed by atoms with van der Waals surface area (Å²) in [5.74, 6) is 0.568. The third-order valence-electron chi connectivity index (χ3n) is 5.06. The van der Waals surface area contributed by atoms with Gasteiger partial charge in [-0.3, -0.25) is 9.59 Å². The van der Waals surface area contributed by atoms with E-state index in [0.717, 1.165) is 50.9 Å². The molecule has 0 radical (unpaired) electrons. The van der Waals surface area contributed by atoms with E-state index >= 15 is 0 Å². The number of nitrogens with zero attached hydrogens (tertiary/aromatic N) is 1. The van der Waals surface area contributed by atoms with Crippen LogP contribution in [0.15, 0.2) is 24.3 Å². The Hall–Kier alpha value is -1.59. The van der Waals surface area contributed by atoms with E-state index in [1.54, 1.807) is 0 Å². The fourth-order valence-electron chi connectivity index (χ4n) is 3.67. The van der Waals surface area contributed by atoms with Gasteiger partial charge in [0, 0.05) is 24.7 Å². The number of benzene rings is 1. The molecule has 0 saturated carbocycles. The van der Waals surface area contributed by atoms with Gasteiger partial charge in [0.25, 0.3) is 0 Å². The van der Waals surface area contributed by atoms with E-state index in [1.807, 2.05) is 29.2 Å². The first kappa shape index (κ1) is 18.2. The van der Waals surface area contributed by atoms with Crippen molar-refractivity contribution in [3.05, 3.63) is 34.9 Å². The topological polar surface area (TPSA) is 61.4 Å². The quantitative estimate of drug-likeness (QED) is 0.841. The Morgan fingerprint density at radius 2 is 2.16 bits per heavy atom. The van der Waals surface area contributed by atoms with Crippen molar-refractivity contribution in [3.63, 3.8) is 0 Å². The highest BCUT2D eigenvalue weighted by Crippen LogP contribution is 2.18. The van der Waals surface area contributed by atoms with Crippen molar-refractivity contribution in [1.29, 1.82) is 0 Å². The molecule has 25 heavy (non-hydrogen) atoms. The minimum absolute atomic E-state index is 0.0378. The normalized spacial score (nSPS) is 23.5. The Labute approximate surface area is 154 Å². The molecule has 0 aliphatic carbocycles. The summed E-state index contributed by atoms with van der Waals surface area (Å²) in [6, 6.07) is 7.42. The molecule has 0 spiro atoms. The molecule has 1 aromatic rings. The van der Waals surface area contributed by atoms with Crippen LogP contribution < -0.4 is 10.6 Å². The lowest BCUT2D eigenvalue weighted by Gasteiger charge is -2.33. The van der Waals surface area contributed by atoms with E-state index in [1.165, 1.54) is 0 Å². The second-order valence-corrected chi connectivity index (χ2v) is 7.49. The molecule has 2 heterocycles. The second-order valence-electron chi connectivity index (χ2n) is 7.05. The maximum atomic E-state index is 12.6. The number of rotatable bonds is 5. The Bertz CT molecular complexity index is 616. The maximum Gasteiger partial charge on any atom is 0.237 e. The molecule has 0 aromatic heterocycles. The van der Waals surface area contributed by atoms with Crippen LogP contribution in [-0.2, 0) is 16.0 Å². The largest absolute Gasteiger partial charge is 0.354 e. The van der Waals surface area contributed by atoms with E-state index in [9.17, 15) is 9.59 Å². The monoisotopic (exact) mass is 363 g/mol. The third-order valence-corrected chi connectivity index (χ3v) is 5.29. The lowest BCUT2D eigenvalue weighted by Crippen LogP contribution is -2.47. The molecule has 6 heteroatoms. The lowest BCUT2D eigenvalue weighted by molar-refractivity contribution is -0.132. The molecular weight excluding hydrogens is 338 g/mol. The summed E-state index contributed by atoms with van der Waals surface area (Å²) in [5.41, 5.74) is 0.945. The molecule has 2 atom stereocenters. The van der Waals surface area contributed by atoms with Gasteiger partial charge >= 0.3 is 0 Å². The van der Waals surface area contributed by atoms with Crippen LogP contribution in [0.25, 0.3) is 0 Å². The van der Waals surface area contributed by atoms with E-state index in [0.29, 0.717) is 23.9 Å². The second kappa shape index (κ2) is 8.68. The minimum Gasteiger partial charge on any atom is -0.354 e. The van der Waals surface area contributed by atoms with E-state index in [4.69, 9.17) is 11.6 Å². The van der Waals surface area contributed by atoms with Crippen LogP contribution in [0.3, 0.4) is 0 Å². The Balaban J connectivity index is 1.47. The standard InChI is InChI=1S/C19H26ClN3O2/c20-16-6-1-4-14(10-16)11-18(24)23-9-3-5-15(13-23)12-22-19(25)17-7-2-8-21-17/h1,4,6,10,15,17,21H,2-3,5,7-9,11-13H2,(H,22,25). The number of amides is 2. The van der Waals surface area contributed by atoms with Crippen molar-refractivity contribution in [2.75, 3.05) is 26.2 Å². The highest BCUT2D eigenvalue weighted by Gasteiger charge is 2.26. The number of hydrogen-bond acceptors (Lipinski definition) is 3. The van der Waals surface area contributed by atoms with Crippen LogP contribution in [0.4, 0.5) is 0 Å². The SMILES string of the molecule is O=C(NCC1CCCN(C(=O)Cc2cccc(Cl)c2)C1)C1CCCN1. The molecule has 2 N–H and O–H groups in total. The van der Waals surface area contributed by atoms with Crippen LogP contribution in [0.2, 0.25) is 5.02 Å². The van der Waals surface area contributed by atoms with Crippen LogP contribution in [0, 0.1) is 5.92 Å². The first-order chi connectivity index (χ1) is 12.1. The smallest absolute Gasteiger partial charge is 0.237 e. The van der Waals surface area contributed by atoms with Gasteiger partial charge in [0.2, 0.25) is 11.8 Å². The average Bonchev–Trinajstić information content (AvgIpc) is 3.15. The molecule has 0 bridgehead atoms. The van der Waals surface area contributed by atoms with Gasteiger partial charge in [-0.05, 0) is 55.8 Å². The van der Waals surface area contributed by atoms with Gasteiger partial charge in [0.05, 0.1) is 12.5 Å². The van der Waals surface area contributed by atoms with Crippen molar-refractivity contribution in [2.24, 2.45) is 5.92 Å². The summed E-state index contributed by atoms with van der Waals surface area (Å²) in [7, 11) is 0. The van der Waals surface area contributed by atoms with Crippen molar-refractivity contribution in [1.82, 2.24) is 15.5 Å². The zero-order valence-corrected chi connectivity index (χ0v) is 15.2. The van der Waals surface area contributed by atoms with E-state index in [2.05, 4.69) is 10.6 Å². The molecule has 2 aliphatic heterocycles. The Morgan fingerprint density at radius 1 is 1.28 bits per heavy atom. The molecule has 2 aliphatic rings. The summed E-state index contributed by atoms with van der Waals surface area (Å²) in [6.45, 7) is 3.09. The minimum atomic E-state index is -0.0378. The van der Waals surface area contributed by atoms with E-state index in [-0.39, 0.29) is 17.9 Å². The van der Waals surface area contributed by atoms with Gasteiger partial charge in [0.15, 0.2) is 0 Å². The lowest BCUT2D eigenvalue weighted by atomic mass is 9.97. The van der Waals surface area contributed by atoms with Crippen molar-refractivity contribution in [3.8, 4) is 0 Å². The maximum absolute atomic E-state index is 12.6. The van der Waals surface area contributed by atoms with Crippen LogP contribution in [-0.4, -0.2) is 48.9 Å². The summed E-state index contributed by atoms with van der Waals surface area (Å²) in [4.78, 5) is 26.6. The number of piperidine rings is 1. The van der Waals surface area contributed by atoms with Crippen LogP contribution >= 0.6 is 11.6 Å². The predicted octanol–water partition coefficient (Wildman–Crippen LogP) is 1.99. The summed E-state index contributed by atoms with van der Waals surface area (Å²) in [6.07, 6.45) is 4.41. The first-order valence-corrected chi connectivity index (χ1v) is 9.53. The number of likely N-dealkylation sites (tertiary alicyclic amines) is 1. The van der Waals surface area contributed by atoms with Gasteiger partial charge in [0.1, 0.15) is 0 Å². The van der Waals surface area contributed by atoms with Gasteiger partial charge in [-0.1, -0.05) is 23.7 Å². The fraction of sp³-hybridized carbons (Fsp3) is 0.579.